The van der Waals surface area contributed by atoms with Crippen molar-refractivity contribution in [3.05, 3.63) is 53.7 Å². The molecule has 8 heteroatoms. The quantitative estimate of drug-likeness (QED) is 0.240. The highest BCUT2D eigenvalue weighted by molar-refractivity contribution is 14.0. The zero-order valence-corrected chi connectivity index (χ0v) is 21.2. The number of nitrogens with one attached hydrogen (secondary N) is 1. The van der Waals surface area contributed by atoms with Gasteiger partial charge in [-0.3, -0.25) is 9.89 Å². The molecule has 170 valence electrons. The number of aliphatic imine (C=N–C) groups is 1. The number of aromatic nitrogens is 2. The van der Waals surface area contributed by atoms with Gasteiger partial charge in [0, 0.05) is 58.7 Å². The van der Waals surface area contributed by atoms with E-state index in [1.165, 1.54) is 5.56 Å². The van der Waals surface area contributed by atoms with Crippen molar-refractivity contribution in [1.29, 1.82) is 0 Å². The van der Waals surface area contributed by atoms with Gasteiger partial charge >= 0.3 is 0 Å². The van der Waals surface area contributed by atoms with Crippen molar-refractivity contribution in [2.45, 2.75) is 32.6 Å². The second-order valence-electron chi connectivity index (χ2n) is 7.88. The smallest absolute Gasteiger partial charge is 0.226 e. The van der Waals surface area contributed by atoms with Crippen LogP contribution in [0.5, 0.6) is 0 Å². The van der Waals surface area contributed by atoms with E-state index in [2.05, 4.69) is 80.5 Å². The molecule has 1 N–H and O–H groups in total. The molecule has 1 aliphatic rings. The molecule has 7 nitrogen and oxygen atoms in total. The number of aryl methyl sites for hydroxylation is 1. The number of piperazine rings is 1. The lowest BCUT2D eigenvalue weighted by atomic mass is 10.2. The van der Waals surface area contributed by atoms with Crippen LogP contribution in [0.3, 0.4) is 0 Å². The molecule has 1 aromatic carbocycles. The molecule has 0 unspecified atom stereocenters. The largest absolute Gasteiger partial charge is 0.356 e. The number of benzene rings is 1. The van der Waals surface area contributed by atoms with Gasteiger partial charge in [0.1, 0.15) is 0 Å². The Hall–Kier alpha value is -1.94. The van der Waals surface area contributed by atoms with Crippen LogP contribution < -0.4 is 5.32 Å². The number of hydrogen-bond acceptors (Lipinski definition) is 5. The lowest BCUT2D eigenvalue weighted by Crippen LogP contribution is -2.52. The first kappa shape index (κ1) is 25.3. The van der Waals surface area contributed by atoms with Crippen LogP contribution >= 0.6 is 24.0 Å². The Morgan fingerprint density at radius 2 is 1.94 bits per heavy atom. The summed E-state index contributed by atoms with van der Waals surface area (Å²) < 4.78 is 5.31. The van der Waals surface area contributed by atoms with E-state index in [-0.39, 0.29) is 24.0 Å². The summed E-state index contributed by atoms with van der Waals surface area (Å²) in [5.41, 5.74) is 1.25. The van der Waals surface area contributed by atoms with E-state index in [0.29, 0.717) is 11.8 Å². The van der Waals surface area contributed by atoms with Crippen molar-refractivity contribution in [2.24, 2.45) is 4.99 Å². The number of rotatable bonds is 8. The maximum atomic E-state index is 5.31. The van der Waals surface area contributed by atoms with E-state index >= 15 is 0 Å². The molecular formula is C23H35IN6O. The van der Waals surface area contributed by atoms with Gasteiger partial charge in [-0.15, -0.1) is 24.0 Å². The summed E-state index contributed by atoms with van der Waals surface area (Å²) >= 11 is 0. The molecule has 1 aromatic heterocycles. The van der Waals surface area contributed by atoms with Crippen molar-refractivity contribution >= 4 is 36.0 Å². The molecule has 0 spiro atoms. The highest BCUT2D eigenvalue weighted by Crippen LogP contribution is 2.10. The Kier molecular flexibility index (Phi) is 11.0. The molecule has 2 aromatic rings. The molecular weight excluding hydrogens is 503 g/mol. The van der Waals surface area contributed by atoms with Crippen LogP contribution in [0.1, 0.15) is 43.5 Å². The van der Waals surface area contributed by atoms with Gasteiger partial charge in [0.15, 0.2) is 11.8 Å². The second-order valence-corrected chi connectivity index (χ2v) is 7.88. The molecule has 0 radical (unpaired) electrons. The lowest BCUT2D eigenvalue weighted by molar-refractivity contribution is 0.194. The van der Waals surface area contributed by atoms with Gasteiger partial charge in [0.25, 0.3) is 0 Å². The van der Waals surface area contributed by atoms with E-state index in [9.17, 15) is 0 Å². The van der Waals surface area contributed by atoms with Crippen LogP contribution in [0.4, 0.5) is 0 Å². The maximum absolute atomic E-state index is 5.31. The van der Waals surface area contributed by atoms with Crippen molar-refractivity contribution in [2.75, 3.05) is 46.3 Å². The van der Waals surface area contributed by atoms with Gasteiger partial charge in [0.2, 0.25) is 5.89 Å². The summed E-state index contributed by atoms with van der Waals surface area (Å²) in [7, 11) is 1.85. The second kappa shape index (κ2) is 13.5. The molecule has 1 fully saturated rings. The van der Waals surface area contributed by atoms with E-state index in [4.69, 9.17) is 4.52 Å². The van der Waals surface area contributed by atoms with E-state index in [0.717, 1.165) is 63.9 Å². The number of guanidine groups is 1. The van der Waals surface area contributed by atoms with Gasteiger partial charge in [-0.1, -0.05) is 61.5 Å². The Morgan fingerprint density at radius 3 is 2.58 bits per heavy atom. The molecule has 31 heavy (non-hydrogen) atoms. The van der Waals surface area contributed by atoms with E-state index < -0.39 is 0 Å². The summed E-state index contributed by atoms with van der Waals surface area (Å²) in [5.74, 6) is 2.77. The van der Waals surface area contributed by atoms with Crippen molar-refractivity contribution < 1.29 is 4.52 Å². The summed E-state index contributed by atoms with van der Waals surface area (Å²) in [6, 6.07) is 10.5. The van der Waals surface area contributed by atoms with E-state index in [1.54, 1.807) is 0 Å². The van der Waals surface area contributed by atoms with Gasteiger partial charge in [-0.2, -0.15) is 4.98 Å². The van der Waals surface area contributed by atoms with Crippen LogP contribution in [-0.4, -0.2) is 72.2 Å². The summed E-state index contributed by atoms with van der Waals surface area (Å²) in [6.07, 6.45) is 6.16. The number of nitrogens with zero attached hydrogens (tertiary/aromatic N) is 5. The molecule has 1 aliphatic heterocycles. The molecule has 1 saturated heterocycles. The Balaban J connectivity index is 0.00000341. The lowest BCUT2D eigenvalue weighted by Gasteiger charge is -2.36. The fourth-order valence-electron chi connectivity index (χ4n) is 3.42. The zero-order chi connectivity index (χ0) is 21.2. The molecule has 0 bridgehead atoms. The average Bonchev–Trinajstić information content (AvgIpc) is 3.25. The van der Waals surface area contributed by atoms with Gasteiger partial charge < -0.3 is 14.7 Å². The molecule has 0 aliphatic carbocycles. The van der Waals surface area contributed by atoms with Gasteiger partial charge in [-0.25, -0.2) is 0 Å². The monoisotopic (exact) mass is 538 g/mol. The van der Waals surface area contributed by atoms with Gasteiger partial charge in [-0.05, 0) is 12.0 Å². The average molecular weight is 538 g/mol. The minimum absolute atomic E-state index is 0. The van der Waals surface area contributed by atoms with Crippen molar-refractivity contribution in [1.82, 2.24) is 25.3 Å². The molecule has 0 atom stereocenters. The third-order valence-corrected chi connectivity index (χ3v) is 5.21. The first-order chi connectivity index (χ1) is 14.7. The molecule has 0 amide bonds. The Bertz CT molecular complexity index is 812. The third kappa shape index (κ3) is 8.25. The standard InChI is InChI=1S/C23H34N6O.HI/c1-19(2)22-26-21(30-27-22)12-7-13-25-23(24-3)29-17-15-28(16-18-29)14-8-11-20-9-5-4-6-10-20;/h4-6,8-11,19H,7,12-18H2,1-3H3,(H,24,25);1H/b11-8+;. The molecule has 3 rings (SSSR count). The molecule has 2 heterocycles. The highest BCUT2D eigenvalue weighted by atomic mass is 127. The SMILES string of the molecule is CN=C(NCCCc1nc(C(C)C)no1)N1CCN(C/C=C/c2ccccc2)CC1.I. The predicted molar refractivity (Wildman–Crippen MR) is 137 cm³/mol. The van der Waals surface area contributed by atoms with Crippen LogP contribution in [0, 0.1) is 0 Å². The summed E-state index contributed by atoms with van der Waals surface area (Å²) in [6.45, 7) is 10.0. The van der Waals surface area contributed by atoms with Gasteiger partial charge in [0.05, 0.1) is 0 Å². The fourth-order valence-corrected chi connectivity index (χ4v) is 3.42. The molecule has 0 saturated carbocycles. The van der Waals surface area contributed by atoms with Crippen LogP contribution in [0.25, 0.3) is 6.08 Å². The minimum atomic E-state index is 0. The first-order valence-corrected chi connectivity index (χ1v) is 10.9. The maximum Gasteiger partial charge on any atom is 0.226 e. The van der Waals surface area contributed by atoms with Crippen LogP contribution in [0.2, 0.25) is 0 Å². The summed E-state index contributed by atoms with van der Waals surface area (Å²) in [5, 5.41) is 7.49. The normalized spacial score (nSPS) is 15.5. The highest BCUT2D eigenvalue weighted by Gasteiger charge is 2.18. The third-order valence-electron chi connectivity index (χ3n) is 5.21. The zero-order valence-electron chi connectivity index (χ0n) is 18.8. The van der Waals surface area contributed by atoms with Crippen LogP contribution in [-0.2, 0) is 6.42 Å². The Labute approximate surface area is 203 Å². The summed E-state index contributed by atoms with van der Waals surface area (Å²) in [4.78, 5) is 13.7. The first-order valence-electron chi connectivity index (χ1n) is 10.9. The minimum Gasteiger partial charge on any atom is -0.356 e. The predicted octanol–water partition coefficient (Wildman–Crippen LogP) is 3.65. The topological polar surface area (TPSA) is 69.8 Å². The van der Waals surface area contributed by atoms with E-state index in [1.807, 2.05) is 13.1 Å². The van der Waals surface area contributed by atoms with Crippen molar-refractivity contribution in [3.63, 3.8) is 0 Å². The van der Waals surface area contributed by atoms with Crippen LogP contribution in [0.15, 0.2) is 45.9 Å². The Morgan fingerprint density at radius 1 is 1.19 bits per heavy atom. The number of halogens is 1. The van der Waals surface area contributed by atoms with Crippen molar-refractivity contribution in [3.8, 4) is 0 Å². The fraction of sp³-hybridized carbons (Fsp3) is 0.522. The number of hydrogen-bond donors (Lipinski definition) is 1.